The lowest BCUT2D eigenvalue weighted by Crippen LogP contribution is -3.00. The average Bonchev–Trinajstić information content (AvgIpc) is 0.750. The molecule has 0 radical (unpaired) electrons. The van der Waals surface area contributed by atoms with E-state index >= 15 is 0 Å². The number of phenols is 3. The van der Waals surface area contributed by atoms with Crippen molar-refractivity contribution in [2.24, 2.45) is 11.8 Å². The van der Waals surface area contributed by atoms with Crippen LogP contribution in [0.1, 0.15) is 89.2 Å². The van der Waals surface area contributed by atoms with Crippen LogP contribution >= 0.6 is 37.7 Å². The maximum atomic E-state index is 13.7. The van der Waals surface area contributed by atoms with Crippen molar-refractivity contribution in [3.63, 3.8) is 0 Å². The third kappa shape index (κ3) is 24.2. The van der Waals surface area contributed by atoms with Crippen molar-refractivity contribution in [3.05, 3.63) is 396 Å². The van der Waals surface area contributed by atoms with Gasteiger partial charge >= 0.3 is 12.4 Å². The van der Waals surface area contributed by atoms with Gasteiger partial charge in [-0.05, 0) is 298 Å². The van der Waals surface area contributed by atoms with Gasteiger partial charge in [-0.25, -0.2) is 0 Å². The van der Waals surface area contributed by atoms with Crippen molar-refractivity contribution in [1.29, 1.82) is 0 Å². The summed E-state index contributed by atoms with van der Waals surface area (Å²) in [6, 6.07) is 76.2. The minimum Gasteiger partial charge on any atom is -1.00 e. The number of phenolic OH excluding ortho intramolecular Hbond substituents is 3. The molecule has 12 rings (SSSR count). The quantitative estimate of drug-likeness (QED) is 0.0216. The van der Waals surface area contributed by atoms with Crippen LogP contribution in [-0.4, -0.2) is 34.6 Å². The zero-order valence-corrected chi connectivity index (χ0v) is 73.6. The summed E-state index contributed by atoms with van der Waals surface area (Å²) < 4.78 is 102. The molecule has 12 aromatic rings. The van der Waals surface area contributed by atoms with E-state index < -0.39 is 38.0 Å². The Balaban J connectivity index is 0.000000213. The van der Waals surface area contributed by atoms with Gasteiger partial charge in [-0.3, -0.25) is 0 Å². The number of allylic oxidation sites excluding steroid dienone is 6. The molecule has 0 heterocycles. The molecule has 1 unspecified atom stereocenters. The Labute approximate surface area is 731 Å². The molecule has 3 N–H and O–H groups in total. The summed E-state index contributed by atoms with van der Waals surface area (Å²) in [5.41, 5.74) is 11.0. The van der Waals surface area contributed by atoms with Crippen LogP contribution in [0.4, 0.5) is 26.3 Å². The fourth-order valence-corrected chi connectivity index (χ4v) is 22.1. The first kappa shape index (κ1) is 94.2. The molecule has 626 valence electrons. The largest absolute Gasteiger partial charge is 1.00 e. The molecule has 0 amide bonds. The first-order valence-corrected chi connectivity index (χ1v) is 44.5. The summed E-state index contributed by atoms with van der Waals surface area (Å²) in [7, 11) is -5.48. The zero-order chi connectivity index (χ0) is 86.3. The van der Waals surface area contributed by atoms with Crippen LogP contribution in [-0.2, 0) is 50.9 Å². The molecule has 0 bridgehead atoms. The highest BCUT2D eigenvalue weighted by Gasteiger charge is 2.49. The van der Waals surface area contributed by atoms with Crippen LogP contribution < -0.4 is 63.0 Å². The predicted molar refractivity (Wildman–Crippen MR) is 494 cm³/mol. The van der Waals surface area contributed by atoms with Gasteiger partial charge in [-0.1, -0.05) is 159 Å². The highest BCUT2D eigenvalue weighted by atomic mass is 79.9. The second-order valence-electron chi connectivity index (χ2n) is 30.1. The first-order valence-electron chi connectivity index (χ1n) is 39.8. The van der Waals surface area contributed by atoms with Gasteiger partial charge in [0.1, 0.15) is 66.3 Å². The molecule has 0 spiro atoms. The lowest BCUT2D eigenvalue weighted by atomic mass is 9.95. The second kappa shape index (κ2) is 43.7. The minimum atomic E-state index is -4.58. The second-order valence-corrected chi connectivity index (χ2v) is 37.8. The summed E-state index contributed by atoms with van der Waals surface area (Å²) >= 11 is 12.7. The molecule has 0 fully saturated rings. The number of alkyl halides is 6. The summed E-state index contributed by atoms with van der Waals surface area (Å²) in [5.74, 6) is 3.56. The molecule has 0 aliphatic heterocycles. The highest BCUT2D eigenvalue weighted by molar-refractivity contribution is 7.96. The lowest BCUT2D eigenvalue weighted by Gasteiger charge is -2.28. The standard InChI is InChI=1S/C40H33F6O2P.C38H33Cl2O2P.C26H34O2.BrH/c1-4-6-28-10-22-37(47)35(24-28)36-25-29(7-5-2)11-23-38(36)48-26-49(32-16-8-27(3)9-17-32,33-18-12-30(13-19-33)39(41,42)43)34-20-14-31(15-21-34)40(44,45)46;1-4-6-28-10-22-37(41)35(24-28)36-25-29(7-5-2)11-23-38(36)42-26-43(32-16-8-27(3)9-17-32,33-18-12-30(39)13-19-33)34-20-14-31(40)15-21-34;1-6-9-21-11-13-25(27)23(16-21)24-17-22(10-7-2)12-14-26(24)28-18-20(8-3)15-19(4)5;/h4-5,8-25H,1-2,6-7,26H2,3H3;4-5,8-25H,1-2,6-7,26H2,3H3;6-7,11-14,16-17,19-20,27H,1-2,8-10,15,18H2,3-5H3;1H/p+1. The van der Waals surface area contributed by atoms with Gasteiger partial charge in [-0.2, -0.15) is 26.3 Å². The van der Waals surface area contributed by atoms with Crippen LogP contribution in [0.2, 0.25) is 10.0 Å². The van der Waals surface area contributed by atoms with E-state index in [2.05, 4.69) is 140 Å². The Morgan fingerprint density at radius 3 is 0.835 bits per heavy atom. The third-order valence-electron chi connectivity index (χ3n) is 20.9. The van der Waals surface area contributed by atoms with E-state index in [1.54, 1.807) is 42.5 Å². The van der Waals surface area contributed by atoms with Crippen molar-refractivity contribution in [2.45, 2.75) is 98.3 Å². The van der Waals surface area contributed by atoms with Crippen molar-refractivity contribution in [3.8, 4) is 67.9 Å². The number of rotatable bonds is 33. The van der Waals surface area contributed by atoms with Gasteiger partial charge in [0.25, 0.3) is 0 Å². The summed E-state index contributed by atoms with van der Waals surface area (Å²) in [6.07, 6.45) is 8.42. The molecule has 0 saturated carbocycles. The number of benzene rings is 12. The molecule has 17 heteroatoms. The van der Waals surface area contributed by atoms with Gasteiger partial charge in [0, 0.05) is 43.4 Å². The van der Waals surface area contributed by atoms with E-state index in [0.29, 0.717) is 99.1 Å². The highest BCUT2D eigenvalue weighted by Crippen LogP contribution is 2.58. The molecule has 6 nitrogen and oxygen atoms in total. The maximum Gasteiger partial charge on any atom is 0.416 e. The van der Waals surface area contributed by atoms with Crippen molar-refractivity contribution < 1.29 is 72.9 Å². The number of ether oxygens (including phenoxy) is 3. The van der Waals surface area contributed by atoms with Crippen LogP contribution in [0.25, 0.3) is 33.4 Å². The normalized spacial score (nSPS) is 11.7. The summed E-state index contributed by atoms with van der Waals surface area (Å²) in [4.78, 5) is 0. The Bertz CT molecular complexity index is 5330. The molecule has 0 aliphatic carbocycles. The van der Waals surface area contributed by atoms with E-state index in [0.717, 1.165) is 128 Å². The number of hydrogen-bond donors (Lipinski definition) is 3. The maximum absolute atomic E-state index is 13.7. The lowest BCUT2D eigenvalue weighted by molar-refractivity contribution is -0.138. The van der Waals surface area contributed by atoms with E-state index in [1.165, 1.54) is 35.1 Å². The van der Waals surface area contributed by atoms with Gasteiger partial charge in [0.15, 0.2) is 14.5 Å². The number of aryl methyl sites for hydroxylation is 2. The molecular formula is C104H102BrCl2F6O6P2+. The van der Waals surface area contributed by atoms with E-state index in [4.69, 9.17) is 37.4 Å². The third-order valence-corrected chi connectivity index (χ3v) is 29.5. The molecule has 0 aromatic heterocycles. The smallest absolute Gasteiger partial charge is 0.416 e. The molecule has 0 aliphatic rings. The Kier molecular flexibility index (Phi) is 34.1. The monoisotopic (exact) mass is 1770 g/mol. The van der Waals surface area contributed by atoms with Crippen molar-refractivity contribution in [1.82, 2.24) is 0 Å². The Hall–Kier alpha value is -10.6. The average molecular weight is 1770 g/mol. The van der Waals surface area contributed by atoms with Gasteiger partial charge < -0.3 is 46.5 Å². The van der Waals surface area contributed by atoms with Gasteiger partial charge in [-0.15, -0.1) is 39.5 Å². The van der Waals surface area contributed by atoms with Crippen LogP contribution in [0.3, 0.4) is 0 Å². The number of halogens is 9. The fraction of sp³-hybridized carbons (Fsp3) is 0.192. The predicted octanol–water partition coefficient (Wildman–Crippen LogP) is 23.6. The molecule has 1 atom stereocenters. The molecule has 12 aromatic carbocycles. The Morgan fingerprint density at radius 2 is 0.587 bits per heavy atom. The van der Waals surface area contributed by atoms with E-state index in [-0.39, 0.29) is 40.6 Å². The van der Waals surface area contributed by atoms with E-state index in [1.807, 2.05) is 134 Å². The topological polar surface area (TPSA) is 88.4 Å². The number of hydrogen-bond acceptors (Lipinski definition) is 6. The first-order chi connectivity index (χ1) is 57.6. The summed E-state index contributed by atoms with van der Waals surface area (Å²) in [5, 5.41) is 39.1. The summed E-state index contributed by atoms with van der Waals surface area (Å²) in [6.45, 7) is 34.5. The molecular weight excluding hydrogens is 1670 g/mol. The van der Waals surface area contributed by atoms with Gasteiger partial charge in [0.2, 0.25) is 12.7 Å². The van der Waals surface area contributed by atoms with Gasteiger partial charge in [0.05, 0.1) is 17.7 Å². The molecule has 0 saturated heterocycles. The van der Waals surface area contributed by atoms with Crippen molar-refractivity contribution >= 4 is 69.6 Å². The Morgan fingerprint density at radius 1 is 0.347 bits per heavy atom. The fourth-order valence-electron chi connectivity index (χ4n) is 14.6. The molecule has 121 heavy (non-hydrogen) atoms. The van der Waals surface area contributed by atoms with E-state index in [9.17, 15) is 41.7 Å². The van der Waals surface area contributed by atoms with Crippen LogP contribution in [0, 0.1) is 25.7 Å². The number of aromatic hydroxyl groups is 3. The van der Waals surface area contributed by atoms with Crippen LogP contribution in [0.5, 0.6) is 34.5 Å². The van der Waals surface area contributed by atoms with Crippen LogP contribution in [0.15, 0.2) is 331 Å². The minimum absolute atomic E-state index is 0. The zero-order valence-electron chi connectivity index (χ0n) is 68.8. The SMILES string of the molecule is C=CCc1ccc(O)c(-c2cc(CC=C)ccc2OCC(CC)CC(C)C)c1.C=CCc1ccc(O)c(-c2cc(CC=C)ccc2OC[P+](c2ccc(C)cc2)(c2ccc(C(F)(F)F)cc2)c2ccc(C(F)(F)F)cc2)c1.C=CCc1ccc(O)c(-c2cc(CC=C)ccc2OC[P+](c2ccc(C)cc2)(c2ccc(Cl)cc2)c2ccc(Cl)cc2)c1.[Br-]. The van der Waals surface area contributed by atoms with Crippen molar-refractivity contribution in [2.75, 3.05) is 19.3 Å².